The fourth-order valence-electron chi connectivity index (χ4n) is 2.61. The first-order chi connectivity index (χ1) is 11.1. The number of aromatic nitrogens is 3. The maximum Gasteiger partial charge on any atom is 0.199 e. The Morgan fingerprint density at radius 2 is 1.91 bits per heavy atom. The molecule has 0 saturated carbocycles. The summed E-state index contributed by atoms with van der Waals surface area (Å²) >= 11 is 5.43. The van der Waals surface area contributed by atoms with Gasteiger partial charge in [0.25, 0.3) is 0 Å². The average Bonchev–Trinajstić information content (AvgIpc) is 2.89. The molecular weight excluding hydrogens is 304 g/mol. The highest BCUT2D eigenvalue weighted by Gasteiger charge is 2.11. The summed E-state index contributed by atoms with van der Waals surface area (Å²) in [7, 11) is 0. The number of nitrogens with zero attached hydrogens (tertiary/aromatic N) is 2. The molecule has 0 aliphatic carbocycles. The van der Waals surface area contributed by atoms with Gasteiger partial charge in [0, 0.05) is 5.69 Å². The van der Waals surface area contributed by atoms with Crippen LogP contribution < -0.4 is 5.32 Å². The van der Waals surface area contributed by atoms with Crippen molar-refractivity contribution < 1.29 is 0 Å². The third-order valence-corrected chi connectivity index (χ3v) is 4.30. The lowest BCUT2D eigenvalue weighted by Crippen LogP contribution is -2.09. The van der Waals surface area contributed by atoms with E-state index in [2.05, 4.69) is 66.6 Å². The van der Waals surface area contributed by atoms with Crippen LogP contribution in [0, 0.1) is 25.5 Å². The molecule has 0 spiro atoms. The summed E-state index contributed by atoms with van der Waals surface area (Å²) < 4.78 is 2.61. The molecule has 0 bridgehead atoms. The molecule has 0 radical (unpaired) electrons. The highest BCUT2D eigenvalue weighted by Crippen LogP contribution is 2.20. The van der Waals surface area contributed by atoms with E-state index in [4.69, 9.17) is 12.2 Å². The lowest BCUT2D eigenvalue weighted by molar-refractivity contribution is 0.881. The molecule has 0 fully saturated rings. The summed E-state index contributed by atoms with van der Waals surface area (Å²) in [6.07, 6.45) is 0. The Labute approximate surface area is 141 Å². The predicted octanol–water partition coefficient (Wildman–Crippen LogP) is 4.47. The average molecular weight is 324 g/mol. The Bertz CT molecular complexity index is 892. The van der Waals surface area contributed by atoms with Crippen molar-refractivity contribution in [1.82, 2.24) is 14.8 Å². The Morgan fingerprint density at radius 1 is 1.13 bits per heavy atom. The molecule has 2 N–H and O–H groups in total. The second kappa shape index (κ2) is 6.38. The van der Waals surface area contributed by atoms with E-state index in [1.165, 1.54) is 16.7 Å². The van der Waals surface area contributed by atoms with E-state index >= 15 is 0 Å². The van der Waals surface area contributed by atoms with E-state index < -0.39 is 0 Å². The minimum Gasteiger partial charge on any atom is -0.378 e. The highest BCUT2D eigenvalue weighted by atomic mass is 32.1. The van der Waals surface area contributed by atoms with Gasteiger partial charge in [0.05, 0.1) is 12.2 Å². The van der Waals surface area contributed by atoms with Crippen LogP contribution in [0.5, 0.6) is 0 Å². The Morgan fingerprint density at radius 3 is 2.70 bits per heavy atom. The van der Waals surface area contributed by atoms with Crippen molar-refractivity contribution in [1.29, 1.82) is 0 Å². The predicted molar refractivity (Wildman–Crippen MR) is 96.7 cm³/mol. The molecule has 1 heterocycles. The van der Waals surface area contributed by atoms with Gasteiger partial charge in [-0.1, -0.05) is 24.3 Å². The van der Waals surface area contributed by atoms with Crippen LogP contribution in [-0.2, 0) is 6.54 Å². The number of benzene rings is 2. The van der Waals surface area contributed by atoms with Crippen molar-refractivity contribution >= 4 is 17.9 Å². The summed E-state index contributed by atoms with van der Waals surface area (Å²) in [6, 6.07) is 14.5. The van der Waals surface area contributed by atoms with E-state index in [9.17, 15) is 0 Å². The number of hydrogen-bond donors (Lipinski definition) is 2. The smallest absolute Gasteiger partial charge is 0.199 e. The van der Waals surface area contributed by atoms with E-state index in [1.807, 2.05) is 16.7 Å². The SMILES string of the molecule is Cc1cccc(NCc2n[nH]c(=S)n2-c2cccc(C)c2C)c1. The number of anilines is 1. The molecule has 4 nitrogen and oxygen atoms in total. The molecule has 0 atom stereocenters. The van der Waals surface area contributed by atoms with Gasteiger partial charge in [-0.2, -0.15) is 5.10 Å². The number of aromatic amines is 1. The van der Waals surface area contributed by atoms with Gasteiger partial charge >= 0.3 is 0 Å². The van der Waals surface area contributed by atoms with Crippen molar-refractivity contribution in [2.45, 2.75) is 27.3 Å². The standard InChI is InChI=1S/C18H20N4S/c1-12-6-4-8-15(10-12)19-11-17-20-21-18(23)22(17)16-9-5-7-13(2)14(16)3/h4-10,19H,11H2,1-3H3,(H,21,23). The molecule has 0 aliphatic heterocycles. The second-order valence-corrected chi connectivity index (χ2v) is 6.11. The van der Waals surface area contributed by atoms with Crippen LogP contribution in [0.2, 0.25) is 0 Å². The zero-order valence-corrected chi connectivity index (χ0v) is 14.4. The molecule has 0 saturated heterocycles. The molecule has 23 heavy (non-hydrogen) atoms. The van der Waals surface area contributed by atoms with Crippen LogP contribution in [-0.4, -0.2) is 14.8 Å². The number of rotatable bonds is 4. The summed E-state index contributed by atoms with van der Waals surface area (Å²) in [5.41, 5.74) is 5.82. The van der Waals surface area contributed by atoms with Crippen molar-refractivity contribution in [2.75, 3.05) is 5.32 Å². The van der Waals surface area contributed by atoms with Crippen LogP contribution in [0.4, 0.5) is 5.69 Å². The van der Waals surface area contributed by atoms with E-state index in [1.54, 1.807) is 0 Å². The Kier molecular flexibility index (Phi) is 4.30. The van der Waals surface area contributed by atoms with Crippen LogP contribution >= 0.6 is 12.2 Å². The zero-order valence-electron chi connectivity index (χ0n) is 13.6. The molecule has 0 aliphatic rings. The molecule has 0 unspecified atom stereocenters. The minimum absolute atomic E-state index is 0.601. The van der Waals surface area contributed by atoms with Gasteiger partial charge in [0.1, 0.15) is 0 Å². The summed E-state index contributed by atoms with van der Waals surface area (Å²) in [6.45, 7) is 6.89. The first-order valence-electron chi connectivity index (χ1n) is 7.59. The van der Waals surface area contributed by atoms with Crippen molar-refractivity contribution in [3.05, 3.63) is 69.8 Å². The molecule has 2 aromatic carbocycles. The number of aryl methyl sites for hydroxylation is 2. The third kappa shape index (κ3) is 3.19. The number of H-pyrrole nitrogens is 1. The molecule has 1 aromatic heterocycles. The van der Waals surface area contributed by atoms with Crippen molar-refractivity contribution in [2.24, 2.45) is 0 Å². The number of nitrogens with one attached hydrogen (secondary N) is 2. The van der Waals surface area contributed by atoms with Gasteiger partial charge in [-0.3, -0.25) is 9.67 Å². The Hall–Kier alpha value is -2.40. The monoisotopic (exact) mass is 324 g/mol. The lowest BCUT2D eigenvalue weighted by Gasteiger charge is -2.13. The van der Waals surface area contributed by atoms with Gasteiger partial charge in [-0.25, -0.2) is 0 Å². The second-order valence-electron chi connectivity index (χ2n) is 5.72. The van der Waals surface area contributed by atoms with Gasteiger partial charge in [0.2, 0.25) is 0 Å². The van der Waals surface area contributed by atoms with E-state index in [0.717, 1.165) is 17.2 Å². The third-order valence-electron chi connectivity index (χ3n) is 4.03. The first-order valence-corrected chi connectivity index (χ1v) is 8.00. The zero-order chi connectivity index (χ0) is 16.4. The van der Waals surface area contributed by atoms with E-state index in [0.29, 0.717) is 11.3 Å². The van der Waals surface area contributed by atoms with Gasteiger partial charge < -0.3 is 5.32 Å². The summed E-state index contributed by atoms with van der Waals surface area (Å²) in [5.74, 6) is 0.866. The maximum atomic E-state index is 5.43. The summed E-state index contributed by atoms with van der Waals surface area (Å²) in [5, 5.41) is 10.7. The van der Waals surface area contributed by atoms with Crippen molar-refractivity contribution in [3.63, 3.8) is 0 Å². The number of hydrogen-bond acceptors (Lipinski definition) is 3. The molecule has 3 rings (SSSR count). The van der Waals surface area contributed by atoms with Gasteiger partial charge in [0.15, 0.2) is 10.6 Å². The fraction of sp³-hybridized carbons (Fsp3) is 0.222. The molecule has 118 valence electrons. The molecule has 0 amide bonds. The largest absolute Gasteiger partial charge is 0.378 e. The van der Waals surface area contributed by atoms with E-state index in [-0.39, 0.29) is 0 Å². The topological polar surface area (TPSA) is 45.6 Å². The normalized spacial score (nSPS) is 10.7. The maximum absolute atomic E-state index is 5.43. The Balaban J connectivity index is 1.93. The quantitative estimate of drug-likeness (QED) is 0.696. The van der Waals surface area contributed by atoms with Gasteiger partial charge in [-0.05, 0) is 67.9 Å². The van der Waals surface area contributed by atoms with Gasteiger partial charge in [-0.15, -0.1) is 0 Å². The highest BCUT2D eigenvalue weighted by molar-refractivity contribution is 7.71. The van der Waals surface area contributed by atoms with Crippen LogP contribution in [0.15, 0.2) is 42.5 Å². The lowest BCUT2D eigenvalue weighted by atomic mass is 10.1. The van der Waals surface area contributed by atoms with Crippen molar-refractivity contribution in [3.8, 4) is 5.69 Å². The van der Waals surface area contributed by atoms with Crippen LogP contribution in [0.25, 0.3) is 5.69 Å². The fourth-order valence-corrected chi connectivity index (χ4v) is 2.86. The molecular formula is C18H20N4S. The van der Waals surface area contributed by atoms with Crippen LogP contribution in [0.3, 0.4) is 0 Å². The molecule has 3 aromatic rings. The van der Waals surface area contributed by atoms with Crippen LogP contribution in [0.1, 0.15) is 22.5 Å². The first kappa shape index (κ1) is 15.5. The minimum atomic E-state index is 0.601. The molecule has 5 heteroatoms. The summed E-state index contributed by atoms with van der Waals surface area (Å²) in [4.78, 5) is 0.